The van der Waals surface area contributed by atoms with Gasteiger partial charge in [-0.3, -0.25) is 10.2 Å². The maximum atomic E-state index is 11.5. The van der Waals surface area contributed by atoms with Crippen molar-refractivity contribution in [3.05, 3.63) is 0 Å². The van der Waals surface area contributed by atoms with Crippen LogP contribution < -0.4 is 11.3 Å². The van der Waals surface area contributed by atoms with Crippen LogP contribution in [-0.4, -0.2) is 17.6 Å². The van der Waals surface area contributed by atoms with Crippen molar-refractivity contribution in [2.75, 3.05) is 0 Å². The Bertz CT molecular complexity index is 294. The molecular formula is C13H22N2O2. The van der Waals surface area contributed by atoms with Crippen molar-refractivity contribution >= 4 is 5.91 Å². The minimum atomic E-state index is -0.420. The molecule has 4 heteroatoms. The first-order valence-electron chi connectivity index (χ1n) is 6.78. The number of hydrogen-bond donors (Lipinski definition) is 2. The molecule has 4 fully saturated rings. The van der Waals surface area contributed by atoms with Gasteiger partial charge in [-0.2, -0.15) is 0 Å². The number of nitrogens with one attached hydrogen (secondary N) is 1. The second-order valence-electron chi connectivity index (χ2n) is 6.37. The Morgan fingerprint density at radius 1 is 1.24 bits per heavy atom. The average molecular weight is 238 g/mol. The quantitative estimate of drug-likeness (QED) is 0.443. The summed E-state index contributed by atoms with van der Waals surface area (Å²) in [4.78, 5) is 11.5. The van der Waals surface area contributed by atoms with Gasteiger partial charge in [-0.05, 0) is 63.2 Å². The molecule has 0 radical (unpaired) electrons. The van der Waals surface area contributed by atoms with E-state index in [2.05, 4.69) is 5.43 Å². The van der Waals surface area contributed by atoms with E-state index in [1.165, 1.54) is 19.3 Å². The van der Waals surface area contributed by atoms with Gasteiger partial charge < -0.3 is 4.74 Å². The molecule has 4 saturated carbocycles. The lowest BCUT2D eigenvalue weighted by molar-refractivity contribution is -0.189. The zero-order valence-corrected chi connectivity index (χ0v) is 10.4. The number of hydrazine groups is 1. The molecule has 0 spiro atoms. The van der Waals surface area contributed by atoms with E-state index in [1.54, 1.807) is 6.92 Å². The fourth-order valence-electron chi connectivity index (χ4n) is 4.72. The van der Waals surface area contributed by atoms with E-state index in [0.717, 1.165) is 37.0 Å². The van der Waals surface area contributed by atoms with Crippen molar-refractivity contribution in [3.8, 4) is 0 Å². The van der Waals surface area contributed by atoms with Gasteiger partial charge in [-0.25, -0.2) is 5.84 Å². The van der Waals surface area contributed by atoms with E-state index in [1.807, 2.05) is 0 Å². The van der Waals surface area contributed by atoms with Crippen molar-refractivity contribution in [1.82, 2.24) is 5.43 Å². The zero-order valence-electron chi connectivity index (χ0n) is 10.4. The SMILES string of the molecule is CC(OC12CC3CC(CC(C3)C1)C2)C(=O)NN. The highest BCUT2D eigenvalue weighted by atomic mass is 16.5. The van der Waals surface area contributed by atoms with E-state index in [9.17, 15) is 4.79 Å². The number of nitrogens with two attached hydrogens (primary N) is 1. The van der Waals surface area contributed by atoms with Gasteiger partial charge in [0.15, 0.2) is 0 Å². The van der Waals surface area contributed by atoms with Crippen molar-refractivity contribution < 1.29 is 9.53 Å². The van der Waals surface area contributed by atoms with Crippen LogP contribution in [0.5, 0.6) is 0 Å². The van der Waals surface area contributed by atoms with Crippen LogP contribution in [0.3, 0.4) is 0 Å². The number of ether oxygens (including phenoxy) is 1. The maximum Gasteiger partial charge on any atom is 0.262 e. The molecule has 0 heterocycles. The Hall–Kier alpha value is -0.610. The van der Waals surface area contributed by atoms with Gasteiger partial charge >= 0.3 is 0 Å². The number of amides is 1. The summed E-state index contributed by atoms with van der Waals surface area (Å²) >= 11 is 0. The predicted molar refractivity (Wildman–Crippen MR) is 63.8 cm³/mol. The Morgan fingerprint density at radius 3 is 2.12 bits per heavy atom. The molecule has 4 rings (SSSR count). The van der Waals surface area contributed by atoms with Gasteiger partial charge in [0.1, 0.15) is 6.10 Å². The normalized spacial score (nSPS) is 44.7. The molecule has 4 bridgehead atoms. The van der Waals surface area contributed by atoms with E-state index in [4.69, 9.17) is 10.6 Å². The largest absolute Gasteiger partial charge is 0.362 e. The molecule has 4 aliphatic carbocycles. The third-order valence-electron chi connectivity index (χ3n) is 4.92. The fourth-order valence-corrected chi connectivity index (χ4v) is 4.72. The second kappa shape index (κ2) is 3.95. The van der Waals surface area contributed by atoms with Crippen molar-refractivity contribution in [1.29, 1.82) is 0 Å². The average Bonchev–Trinajstić information content (AvgIpc) is 2.25. The summed E-state index contributed by atoms with van der Waals surface area (Å²) in [6, 6.07) is 0. The van der Waals surface area contributed by atoms with Gasteiger partial charge in [0.05, 0.1) is 5.60 Å². The van der Waals surface area contributed by atoms with Gasteiger partial charge in [0.25, 0.3) is 5.91 Å². The lowest BCUT2D eigenvalue weighted by atomic mass is 9.54. The number of carbonyl (C=O) groups is 1. The first kappa shape index (κ1) is 11.5. The fraction of sp³-hybridized carbons (Fsp3) is 0.923. The molecule has 0 aliphatic heterocycles. The summed E-state index contributed by atoms with van der Waals surface area (Å²) in [5.41, 5.74) is 2.17. The van der Waals surface area contributed by atoms with Crippen LogP contribution in [0.15, 0.2) is 0 Å². The molecule has 4 nitrogen and oxygen atoms in total. The van der Waals surface area contributed by atoms with E-state index >= 15 is 0 Å². The topological polar surface area (TPSA) is 64.3 Å². The van der Waals surface area contributed by atoms with Crippen LogP contribution in [0.25, 0.3) is 0 Å². The Labute approximate surface area is 102 Å². The molecule has 1 amide bonds. The molecule has 1 atom stereocenters. The smallest absolute Gasteiger partial charge is 0.262 e. The lowest BCUT2D eigenvalue weighted by Crippen LogP contribution is -2.54. The van der Waals surface area contributed by atoms with E-state index < -0.39 is 6.10 Å². The van der Waals surface area contributed by atoms with Gasteiger partial charge in [0.2, 0.25) is 0 Å². The number of hydrogen-bond acceptors (Lipinski definition) is 3. The molecule has 17 heavy (non-hydrogen) atoms. The summed E-state index contributed by atoms with van der Waals surface area (Å²) in [7, 11) is 0. The molecule has 96 valence electrons. The predicted octanol–water partition coefficient (Wildman–Crippen LogP) is 1.35. The monoisotopic (exact) mass is 238 g/mol. The molecular weight excluding hydrogens is 216 g/mol. The third kappa shape index (κ3) is 1.97. The van der Waals surface area contributed by atoms with Crippen molar-refractivity contribution in [2.45, 2.75) is 57.2 Å². The maximum absolute atomic E-state index is 11.5. The zero-order chi connectivity index (χ0) is 12.0. The first-order valence-corrected chi connectivity index (χ1v) is 6.78. The van der Waals surface area contributed by atoms with Gasteiger partial charge in [-0.1, -0.05) is 0 Å². The summed E-state index contributed by atoms with van der Waals surface area (Å²) < 4.78 is 6.11. The highest BCUT2D eigenvalue weighted by Crippen LogP contribution is 2.57. The van der Waals surface area contributed by atoms with Gasteiger partial charge in [-0.15, -0.1) is 0 Å². The van der Waals surface area contributed by atoms with Crippen LogP contribution in [0.2, 0.25) is 0 Å². The molecule has 3 N–H and O–H groups in total. The minimum absolute atomic E-state index is 0.0132. The Balaban J connectivity index is 1.72. The van der Waals surface area contributed by atoms with Crippen LogP contribution >= 0.6 is 0 Å². The molecule has 1 unspecified atom stereocenters. The van der Waals surface area contributed by atoms with Crippen LogP contribution in [0, 0.1) is 17.8 Å². The number of rotatable bonds is 3. The van der Waals surface area contributed by atoms with Crippen molar-refractivity contribution in [3.63, 3.8) is 0 Å². The summed E-state index contributed by atoms with van der Waals surface area (Å²) in [5.74, 6) is 7.48. The van der Waals surface area contributed by atoms with Gasteiger partial charge in [0, 0.05) is 0 Å². The molecule has 4 aliphatic rings. The summed E-state index contributed by atoms with van der Waals surface area (Å²) in [5, 5.41) is 0. The molecule has 0 aromatic rings. The first-order chi connectivity index (χ1) is 8.10. The standard InChI is InChI=1S/C13H22N2O2/c1-8(12(16)15-14)17-13-5-9-2-10(6-13)4-11(3-9)7-13/h8-11H,2-7,14H2,1H3,(H,15,16). The Morgan fingerprint density at radius 2 is 1.71 bits per heavy atom. The number of carbonyl (C=O) groups excluding carboxylic acids is 1. The molecule has 0 saturated heterocycles. The highest BCUT2D eigenvalue weighted by molar-refractivity contribution is 5.79. The van der Waals surface area contributed by atoms with E-state index in [0.29, 0.717) is 0 Å². The summed E-state index contributed by atoms with van der Waals surface area (Å²) in [6.07, 6.45) is 7.21. The lowest BCUT2D eigenvalue weighted by Gasteiger charge is -2.56. The summed E-state index contributed by atoms with van der Waals surface area (Å²) in [6.45, 7) is 1.81. The van der Waals surface area contributed by atoms with Crippen LogP contribution in [0.1, 0.15) is 45.4 Å². The second-order valence-corrected chi connectivity index (χ2v) is 6.37. The molecule has 0 aromatic heterocycles. The van der Waals surface area contributed by atoms with Crippen LogP contribution in [0.4, 0.5) is 0 Å². The minimum Gasteiger partial charge on any atom is -0.362 e. The Kier molecular flexibility index (Phi) is 2.67. The van der Waals surface area contributed by atoms with E-state index in [-0.39, 0.29) is 11.5 Å². The van der Waals surface area contributed by atoms with Crippen molar-refractivity contribution in [2.24, 2.45) is 23.6 Å². The highest BCUT2D eigenvalue weighted by Gasteiger charge is 2.52. The third-order valence-corrected chi connectivity index (χ3v) is 4.92. The van der Waals surface area contributed by atoms with Crippen LogP contribution in [-0.2, 0) is 9.53 Å². The molecule has 0 aromatic carbocycles.